The molecule has 2 saturated heterocycles. The van der Waals surface area contributed by atoms with E-state index >= 15 is 0 Å². The van der Waals surface area contributed by atoms with E-state index in [-0.39, 0.29) is 29.8 Å². The van der Waals surface area contributed by atoms with Crippen molar-refractivity contribution in [3.05, 3.63) is 59.9 Å². The van der Waals surface area contributed by atoms with Gasteiger partial charge in [0.15, 0.2) is 6.10 Å². The predicted octanol–water partition coefficient (Wildman–Crippen LogP) is 2.37. The number of rotatable bonds is 6. The highest BCUT2D eigenvalue weighted by molar-refractivity contribution is 5.94. The number of benzene rings is 1. The van der Waals surface area contributed by atoms with Crippen molar-refractivity contribution in [2.45, 2.75) is 25.0 Å². The molecule has 168 valence electrons. The number of hydrogen-bond acceptors (Lipinski definition) is 7. The zero-order valence-corrected chi connectivity index (χ0v) is 17.8. The van der Waals surface area contributed by atoms with Gasteiger partial charge in [-0.3, -0.25) is 9.78 Å². The van der Waals surface area contributed by atoms with E-state index in [1.165, 1.54) is 25.4 Å². The molecule has 0 bridgehead atoms. The molecule has 0 aliphatic carbocycles. The second kappa shape index (κ2) is 9.67. The van der Waals surface area contributed by atoms with Gasteiger partial charge in [-0.25, -0.2) is 9.59 Å². The molecular weight excluding hydrogens is 414 g/mol. The van der Waals surface area contributed by atoms with Gasteiger partial charge in [-0.15, -0.1) is 0 Å². The number of hydrogen-bond donors (Lipinski definition) is 0. The number of esters is 1. The first-order valence-electron chi connectivity index (χ1n) is 10.5. The number of nitrogens with zero attached hydrogens (tertiary/aromatic N) is 3. The number of likely N-dealkylation sites (tertiary alicyclic amines) is 1. The van der Waals surface area contributed by atoms with E-state index in [4.69, 9.17) is 9.47 Å². The summed E-state index contributed by atoms with van der Waals surface area (Å²) in [6, 6.07) is 12.5. The molecule has 0 radical (unpaired) electrons. The number of carbonyl (C=O) groups excluding carboxylic acids is 3. The Balaban J connectivity index is 1.27. The SMILES string of the molecule is COC(=O)c1ccc(C(=O)N2CCC(N3CC(COc4ccccc4)OC3=O)CC2)nc1. The molecule has 1 aromatic carbocycles. The van der Waals surface area contributed by atoms with E-state index in [2.05, 4.69) is 9.72 Å². The van der Waals surface area contributed by atoms with Gasteiger partial charge in [0.05, 0.1) is 19.2 Å². The monoisotopic (exact) mass is 439 g/mol. The summed E-state index contributed by atoms with van der Waals surface area (Å²) < 4.78 is 15.8. The topological polar surface area (TPSA) is 98.3 Å². The summed E-state index contributed by atoms with van der Waals surface area (Å²) >= 11 is 0. The van der Waals surface area contributed by atoms with Gasteiger partial charge in [0.2, 0.25) is 0 Å². The lowest BCUT2D eigenvalue weighted by molar-refractivity contribution is 0.0596. The molecule has 0 N–H and O–H groups in total. The average molecular weight is 439 g/mol. The summed E-state index contributed by atoms with van der Waals surface area (Å²) in [5, 5.41) is 0. The van der Waals surface area contributed by atoms with Crippen LogP contribution < -0.4 is 4.74 Å². The van der Waals surface area contributed by atoms with Crippen molar-refractivity contribution in [3.8, 4) is 5.75 Å². The molecule has 9 nitrogen and oxygen atoms in total. The molecule has 9 heteroatoms. The van der Waals surface area contributed by atoms with Crippen molar-refractivity contribution in [2.24, 2.45) is 0 Å². The minimum atomic E-state index is -0.498. The van der Waals surface area contributed by atoms with Crippen molar-refractivity contribution in [1.82, 2.24) is 14.8 Å². The fourth-order valence-electron chi connectivity index (χ4n) is 3.93. The number of carbonyl (C=O) groups is 3. The van der Waals surface area contributed by atoms with Gasteiger partial charge in [-0.05, 0) is 37.1 Å². The summed E-state index contributed by atoms with van der Waals surface area (Å²) in [4.78, 5) is 44.2. The first kappa shape index (κ1) is 21.6. The third-order valence-electron chi connectivity index (χ3n) is 5.68. The zero-order chi connectivity index (χ0) is 22.5. The Morgan fingerprint density at radius 2 is 1.88 bits per heavy atom. The smallest absolute Gasteiger partial charge is 0.410 e. The van der Waals surface area contributed by atoms with Crippen molar-refractivity contribution >= 4 is 18.0 Å². The summed E-state index contributed by atoms with van der Waals surface area (Å²) in [5.74, 6) is 0.0438. The number of piperidine rings is 1. The molecule has 0 saturated carbocycles. The Bertz CT molecular complexity index is 957. The maximum atomic E-state index is 12.7. The Hall–Kier alpha value is -3.62. The molecule has 4 rings (SSSR count). The fraction of sp³-hybridized carbons (Fsp3) is 0.391. The third kappa shape index (κ3) is 4.82. The van der Waals surface area contributed by atoms with E-state index < -0.39 is 5.97 Å². The highest BCUT2D eigenvalue weighted by Crippen LogP contribution is 2.24. The van der Waals surface area contributed by atoms with Crippen LogP contribution in [0.4, 0.5) is 4.79 Å². The molecular formula is C23H25N3O6. The first-order valence-corrected chi connectivity index (χ1v) is 10.5. The minimum Gasteiger partial charge on any atom is -0.490 e. The van der Waals surface area contributed by atoms with Crippen LogP contribution in [0.25, 0.3) is 0 Å². The van der Waals surface area contributed by atoms with Crippen LogP contribution >= 0.6 is 0 Å². The number of aromatic nitrogens is 1. The molecule has 2 aliphatic heterocycles. The number of pyridine rings is 1. The molecule has 3 heterocycles. The van der Waals surface area contributed by atoms with Crippen LogP contribution in [-0.2, 0) is 9.47 Å². The highest BCUT2D eigenvalue weighted by atomic mass is 16.6. The number of amides is 2. The number of methoxy groups -OCH3 is 1. The molecule has 1 atom stereocenters. The zero-order valence-electron chi connectivity index (χ0n) is 17.8. The minimum absolute atomic E-state index is 0.0166. The van der Waals surface area contributed by atoms with Gasteiger partial charge in [0.1, 0.15) is 18.1 Å². The number of cyclic esters (lactones) is 1. The van der Waals surface area contributed by atoms with E-state index in [0.29, 0.717) is 44.6 Å². The van der Waals surface area contributed by atoms with Gasteiger partial charge in [0.25, 0.3) is 5.91 Å². The quantitative estimate of drug-likeness (QED) is 0.637. The second-order valence-corrected chi connectivity index (χ2v) is 7.73. The molecule has 2 amide bonds. The highest BCUT2D eigenvalue weighted by Gasteiger charge is 2.38. The normalized spacial score (nSPS) is 18.9. The standard InChI is InChI=1S/C23H25N3O6/c1-30-22(28)16-7-8-20(24-13-16)21(27)25-11-9-17(10-12-25)26-14-19(32-23(26)29)15-31-18-5-3-2-4-6-18/h2-8,13,17,19H,9-12,14-15H2,1H3. The summed E-state index contributed by atoms with van der Waals surface area (Å²) in [7, 11) is 1.29. The van der Waals surface area contributed by atoms with Crippen LogP contribution in [0.3, 0.4) is 0 Å². The largest absolute Gasteiger partial charge is 0.490 e. The molecule has 2 aromatic rings. The molecule has 1 aromatic heterocycles. The van der Waals surface area contributed by atoms with Gasteiger partial charge in [0, 0.05) is 25.3 Å². The van der Waals surface area contributed by atoms with E-state index in [9.17, 15) is 14.4 Å². The lowest BCUT2D eigenvalue weighted by atomic mass is 10.0. The first-order chi connectivity index (χ1) is 15.5. The maximum Gasteiger partial charge on any atom is 0.410 e. The van der Waals surface area contributed by atoms with Gasteiger partial charge >= 0.3 is 12.1 Å². The van der Waals surface area contributed by atoms with Crippen molar-refractivity contribution in [3.63, 3.8) is 0 Å². The number of ether oxygens (including phenoxy) is 3. The molecule has 2 aliphatic rings. The van der Waals surface area contributed by atoms with Gasteiger partial charge in [-0.2, -0.15) is 0 Å². The lowest BCUT2D eigenvalue weighted by Crippen LogP contribution is -2.47. The summed E-state index contributed by atoms with van der Waals surface area (Å²) in [6.45, 7) is 1.80. The fourth-order valence-corrected chi connectivity index (χ4v) is 3.93. The molecule has 0 spiro atoms. The molecule has 32 heavy (non-hydrogen) atoms. The van der Waals surface area contributed by atoms with Crippen LogP contribution in [0, 0.1) is 0 Å². The number of para-hydroxylation sites is 1. The van der Waals surface area contributed by atoms with Gasteiger partial charge < -0.3 is 24.0 Å². The Morgan fingerprint density at radius 1 is 1.12 bits per heavy atom. The Kier molecular flexibility index (Phi) is 6.53. The van der Waals surface area contributed by atoms with Crippen LogP contribution in [0.1, 0.15) is 33.7 Å². The predicted molar refractivity (Wildman–Crippen MR) is 113 cm³/mol. The van der Waals surface area contributed by atoms with Crippen LogP contribution in [-0.4, -0.2) is 78.3 Å². The summed E-state index contributed by atoms with van der Waals surface area (Å²) in [6.07, 6.45) is 2.00. The second-order valence-electron chi connectivity index (χ2n) is 7.73. The Morgan fingerprint density at radius 3 is 2.53 bits per heavy atom. The molecule has 1 unspecified atom stereocenters. The van der Waals surface area contributed by atoms with Crippen LogP contribution in [0.15, 0.2) is 48.7 Å². The third-order valence-corrected chi connectivity index (χ3v) is 5.68. The van der Waals surface area contributed by atoms with Crippen molar-refractivity contribution in [2.75, 3.05) is 33.4 Å². The van der Waals surface area contributed by atoms with Crippen LogP contribution in [0.2, 0.25) is 0 Å². The van der Waals surface area contributed by atoms with E-state index in [1.807, 2.05) is 30.3 Å². The maximum absolute atomic E-state index is 12.7. The van der Waals surface area contributed by atoms with Gasteiger partial charge in [-0.1, -0.05) is 18.2 Å². The Labute approximate surface area is 185 Å². The summed E-state index contributed by atoms with van der Waals surface area (Å²) in [5.41, 5.74) is 0.566. The average Bonchev–Trinajstić information content (AvgIpc) is 3.23. The van der Waals surface area contributed by atoms with Crippen molar-refractivity contribution in [1.29, 1.82) is 0 Å². The van der Waals surface area contributed by atoms with Crippen LogP contribution in [0.5, 0.6) is 5.75 Å². The molecule has 2 fully saturated rings. The van der Waals surface area contributed by atoms with E-state index in [1.54, 1.807) is 9.80 Å². The lowest BCUT2D eigenvalue weighted by Gasteiger charge is -2.35. The van der Waals surface area contributed by atoms with Crippen molar-refractivity contribution < 1.29 is 28.6 Å². The van der Waals surface area contributed by atoms with E-state index in [0.717, 1.165) is 5.75 Å².